The summed E-state index contributed by atoms with van der Waals surface area (Å²) in [5, 5.41) is 3.55. The zero-order valence-electron chi connectivity index (χ0n) is 19.5. The molecule has 0 fully saturated rings. The number of furan rings is 1. The second kappa shape index (κ2) is 9.85. The van der Waals surface area contributed by atoms with Crippen LogP contribution in [0.4, 0.5) is 5.69 Å². The van der Waals surface area contributed by atoms with Gasteiger partial charge in [-0.25, -0.2) is 0 Å². The lowest BCUT2D eigenvalue weighted by Gasteiger charge is -2.19. The van der Waals surface area contributed by atoms with Gasteiger partial charge in [0.2, 0.25) is 5.78 Å². The Balaban J connectivity index is 1.65. The Morgan fingerprint density at radius 2 is 1.68 bits per heavy atom. The van der Waals surface area contributed by atoms with Gasteiger partial charge in [-0.15, -0.1) is 0 Å². The van der Waals surface area contributed by atoms with Gasteiger partial charge in [0.05, 0.1) is 5.69 Å². The van der Waals surface area contributed by atoms with Crippen molar-refractivity contribution in [2.24, 2.45) is 0 Å². The number of hydrogen-bond acceptors (Lipinski definition) is 4. The Labute approximate surface area is 207 Å². The van der Waals surface area contributed by atoms with Gasteiger partial charge in [-0.1, -0.05) is 54.0 Å². The van der Waals surface area contributed by atoms with Crippen molar-refractivity contribution in [3.8, 4) is 5.75 Å². The van der Waals surface area contributed by atoms with Crippen molar-refractivity contribution in [2.45, 2.75) is 39.7 Å². The molecule has 1 N–H and O–H groups in total. The van der Waals surface area contributed by atoms with Gasteiger partial charge in [0, 0.05) is 15.4 Å². The van der Waals surface area contributed by atoms with Gasteiger partial charge in [-0.3, -0.25) is 9.59 Å². The van der Waals surface area contributed by atoms with E-state index >= 15 is 0 Å². The second-order valence-corrected chi connectivity index (χ2v) is 9.50. The van der Waals surface area contributed by atoms with E-state index in [9.17, 15) is 9.59 Å². The minimum absolute atomic E-state index is 0.0856. The van der Waals surface area contributed by atoms with Crippen molar-refractivity contribution >= 4 is 44.3 Å². The third-order valence-electron chi connectivity index (χ3n) is 5.62. The lowest BCUT2D eigenvalue weighted by molar-refractivity contribution is -0.122. The van der Waals surface area contributed by atoms with Gasteiger partial charge >= 0.3 is 0 Å². The Morgan fingerprint density at radius 3 is 2.38 bits per heavy atom. The van der Waals surface area contributed by atoms with Gasteiger partial charge < -0.3 is 14.5 Å². The Kier molecular flexibility index (Phi) is 6.89. The fourth-order valence-electron chi connectivity index (χ4n) is 3.75. The maximum atomic E-state index is 13.3. The smallest absolute Gasteiger partial charge is 0.265 e. The molecule has 0 saturated carbocycles. The summed E-state index contributed by atoms with van der Waals surface area (Å²) in [5.41, 5.74) is 3.41. The maximum Gasteiger partial charge on any atom is 0.265 e. The van der Waals surface area contributed by atoms with Crippen LogP contribution in [-0.4, -0.2) is 17.8 Å². The summed E-state index contributed by atoms with van der Waals surface area (Å²) in [6.45, 7) is 7.85. The van der Waals surface area contributed by atoms with E-state index in [0.717, 1.165) is 15.6 Å². The SMILES string of the molecule is Cc1ccc(C(C)C)c(OC(C)C(=O)Nc2c(C(=O)c3ccc(Br)cc3)oc3ccccc23)c1. The zero-order chi connectivity index (χ0) is 24.4. The molecule has 0 saturated heterocycles. The molecule has 1 atom stereocenters. The van der Waals surface area contributed by atoms with Gasteiger partial charge in [-0.2, -0.15) is 0 Å². The number of nitrogens with one attached hydrogen (secondary N) is 1. The average molecular weight is 520 g/mol. The number of aryl methyl sites for hydroxylation is 1. The molecule has 6 heteroatoms. The number of fused-ring (bicyclic) bond motifs is 1. The molecule has 0 radical (unpaired) electrons. The molecule has 4 rings (SSSR count). The van der Waals surface area contributed by atoms with E-state index in [-0.39, 0.29) is 23.4 Å². The van der Waals surface area contributed by atoms with Crippen LogP contribution in [0.3, 0.4) is 0 Å². The fourth-order valence-corrected chi connectivity index (χ4v) is 4.02. The molecule has 0 spiro atoms. The van der Waals surface area contributed by atoms with Crippen LogP contribution in [0.1, 0.15) is 53.9 Å². The number of ketones is 1. The van der Waals surface area contributed by atoms with E-state index in [1.54, 1.807) is 37.3 Å². The summed E-state index contributed by atoms with van der Waals surface area (Å²) in [7, 11) is 0. The summed E-state index contributed by atoms with van der Waals surface area (Å²) >= 11 is 3.38. The summed E-state index contributed by atoms with van der Waals surface area (Å²) in [5.74, 6) is 0.336. The predicted molar refractivity (Wildman–Crippen MR) is 138 cm³/mol. The maximum absolute atomic E-state index is 13.3. The third-order valence-corrected chi connectivity index (χ3v) is 6.15. The molecule has 1 aromatic heterocycles. The van der Waals surface area contributed by atoms with Crippen LogP contribution in [0.25, 0.3) is 11.0 Å². The molecule has 0 aliphatic carbocycles. The van der Waals surface area contributed by atoms with Crippen LogP contribution in [0.5, 0.6) is 5.75 Å². The molecule has 0 aliphatic rings. The topological polar surface area (TPSA) is 68.5 Å². The highest BCUT2D eigenvalue weighted by Crippen LogP contribution is 2.33. The number of carbonyl (C=O) groups excluding carboxylic acids is 2. The van der Waals surface area contributed by atoms with Crippen LogP contribution < -0.4 is 10.1 Å². The summed E-state index contributed by atoms with van der Waals surface area (Å²) < 4.78 is 12.8. The molecule has 3 aromatic carbocycles. The summed E-state index contributed by atoms with van der Waals surface area (Å²) in [6, 6.07) is 20.2. The number of halogens is 1. The van der Waals surface area contributed by atoms with E-state index in [1.165, 1.54) is 0 Å². The third kappa shape index (κ3) is 4.92. The lowest BCUT2D eigenvalue weighted by Crippen LogP contribution is -2.31. The van der Waals surface area contributed by atoms with Crippen LogP contribution in [0, 0.1) is 6.92 Å². The van der Waals surface area contributed by atoms with Crippen molar-refractivity contribution in [1.82, 2.24) is 0 Å². The monoisotopic (exact) mass is 519 g/mol. The quantitative estimate of drug-likeness (QED) is 0.261. The van der Waals surface area contributed by atoms with E-state index in [0.29, 0.717) is 28.0 Å². The minimum atomic E-state index is -0.788. The Hall–Kier alpha value is -3.38. The fraction of sp³-hybridized carbons (Fsp3) is 0.214. The van der Waals surface area contributed by atoms with Crippen molar-refractivity contribution in [3.05, 3.63) is 93.7 Å². The van der Waals surface area contributed by atoms with Gasteiger partial charge in [0.25, 0.3) is 5.91 Å². The first-order valence-corrected chi connectivity index (χ1v) is 11.9. The molecule has 0 bridgehead atoms. The van der Waals surface area contributed by atoms with Crippen LogP contribution in [0.15, 0.2) is 75.6 Å². The standard InChI is InChI=1S/C28H26BrNO4/c1-16(2)21-14-9-17(3)15-24(21)33-18(4)28(32)30-25-22-7-5-6-8-23(22)34-27(25)26(31)19-10-12-20(29)13-11-19/h5-16,18H,1-4H3,(H,30,32). The van der Waals surface area contributed by atoms with Gasteiger partial charge in [-0.05, 0) is 73.4 Å². The van der Waals surface area contributed by atoms with E-state index in [4.69, 9.17) is 9.15 Å². The molecule has 0 aliphatic heterocycles. The number of benzene rings is 3. The highest BCUT2D eigenvalue weighted by Gasteiger charge is 2.26. The number of ether oxygens (including phenoxy) is 1. The highest BCUT2D eigenvalue weighted by molar-refractivity contribution is 9.10. The Bertz CT molecular complexity index is 1350. The molecule has 34 heavy (non-hydrogen) atoms. The molecular formula is C28H26BrNO4. The summed E-state index contributed by atoms with van der Waals surface area (Å²) in [6.07, 6.45) is -0.788. The number of rotatable bonds is 7. The number of para-hydroxylation sites is 1. The van der Waals surface area contributed by atoms with E-state index in [2.05, 4.69) is 35.1 Å². The lowest BCUT2D eigenvalue weighted by atomic mass is 10.0. The largest absolute Gasteiger partial charge is 0.481 e. The molecule has 4 aromatic rings. The zero-order valence-corrected chi connectivity index (χ0v) is 21.1. The van der Waals surface area contributed by atoms with Crippen LogP contribution in [0.2, 0.25) is 0 Å². The Morgan fingerprint density at radius 1 is 0.971 bits per heavy atom. The average Bonchev–Trinajstić information content (AvgIpc) is 3.17. The van der Waals surface area contributed by atoms with Crippen molar-refractivity contribution in [2.75, 3.05) is 5.32 Å². The highest BCUT2D eigenvalue weighted by atomic mass is 79.9. The molecule has 1 amide bonds. The first kappa shape index (κ1) is 23.8. The normalized spacial score (nSPS) is 12.1. The van der Waals surface area contributed by atoms with Crippen LogP contribution >= 0.6 is 15.9 Å². The number of hydrogen-bond donors (Lipinski definition) is 1. The van der Waals surface area contributed by atoms with E-state index in [1.807, 2.05) is 43.3 Å². The van der Waals surface area contributed by atoms with Crippen molar-refractivity contribution in [3.63, 3.8) is 0 Å². The molecule has 5 nitrogen and oxygen atoms in total. The van der Waals surface area contributed by atoms with E-state index < -0.39 is 6.10 Å². The first-order chi connectivity index (χ1) is 16.2. The molecule has 174 valence electrons. The van der Waals surface area contributed by atoms with Gasteiger partial charge in [0.1, 0.15) is 11.3 Å². The molecule has 1 unspecified atom stereocenters. The first-order valence-electron chi connectivity index (χ1n) is 11.1. The molecular weight excluding hydrogens is 494 g/mol. The summed E-state index contributed by atoms with van der Waals surface area (Å²) in [4.78, 5) is 26.4. The van der Waals surface area contributed by atoms with Gasteiger partial charge in [0.15, 0.2) is 11.9 Å². The predicted octanol–water partition coefficient (Wildman–Crippen LogP) is 7.26. The van der Waals surface area contributed by atoms with Crippen molar-refractivity contribution in [1.29, 1.82) is 0 Å². The minimum Gasteiger partial charge on any atom is -0.481 e. The molecule has 1 heterocycles. The van der Waals surface area contributed by atoms with Crippen molar-refractivity contribution < 1.29 is 18.7 Å². The van der Waals surface area contributed by atoms with Crippen LogP contribution in [-0.2, 0) is 4.79 Å². The number of amides is 1. The number of carbonyl (C=O) groups is 2. The number of anilines is 1. The second-order valence-electron chi connectivity index (χ2n) is 8.58.